The van der Waals surface area contributed by atoms with Gasteiger partial charge in [0, 0.05) is 19.4 Å². The van der Waals surface area contributed by atoms with Crippen LogP contribution in [0.25, 0.3) is 0 Å². The second-order valence-corrected chi connectivity index (χ2v) is 9.70. The summed E-state index contributed by atoms with van der Waals surface area (Å²) < 4.78 is 51.7. The summed E-state index contributed by atoms with van der Waals surface area (Å²) in [5, 5.41) is 11.1. The van der Waals surface area contributed by atoms with Gasteiger partial charge in [0.15, 0.2) is 0 Å². The Kier molecular flexibility index (Phi) is 4.88. The number of carbonyl (C=O) groups excluding carboxylic acids is 1. The first kappa shape index (κ1) is 20.5. The van der Waals surface area contributed by atoms with Crippen molar-refractivity contribution >= 4 is 5.97 Å². The van der Waals surface area contributed by atoms with Crippen molar-refractivity contribution in [2.75, 3.05) is 6.61 Å². The Labute approximate surface area is 168 Å². The van der Waals surface area contributed by atoms with Crippen LogP contribution in [0.1, 0.15) is 68.3 Å². The van der Waals surface area contributed by atoms with Crippen molar-refractivity contribution in [3.05, 3.63) is 29.3 Å². The molecule has 0 aliphatic heterocycles. The van der Waals surface area contributed by atoms with Gasteiger partial charge in [-0.05, 0) is 73.8 Å². The smallest absolute Gasteiger partial charge is 0.419 e. The molecular formula is C22H26F3O4-. The van der Waals surface area contributed by atoms with Gasteiger partial charge in [-0.1, -0.05) is 6.07 Å². The molecule has 4 nitrogen and oxygen atoms in total. The fourth-order valence-electron chi connectivity index (χ4n) is 6.06. The summed E-state index contributed by atoms with van der Waals surface area (Å²) >= 11 is 0. The Balaban J connectivity index is 1.50. The third kappa shape index (κ3) is 4.25. The van der Waals surface area contributed by atoms with Gasteiger partial charge in [0.05, 0.1) is 18.1 Å². The fourth-order valence-corrected chi connectivity index (χ4v) is 6.06. The van der Waals surface area contributed by atoms with Crippen molar-refractivity contribution in [2.24, 2.45) is 23.2 Å². The molecule has 0 aromatic heterocycles. The lowest BCUT2D eigenvalue weighted by molar-refractivity contribution is -0.255. The highest BCUT2D eigenvalue weighted by Crippen LogP contribution is 2.60. The highest BCUT2D eigenvalue weighted by Gasteiger charge is 2.51. The van der Waals surface area contributed by atoms with E-state index in [1.54, 1.807) is 13.8 Å². The van der Waals surface area contributed by atoms with Gasteiger partial charge in [-0.15, -0.1) is 0 Å². The molecule has 4 saturated carbocycles. The minimum atomic E-state index is -4.67. The molecule has 4 bridgehead atoms. The Morgan fingerprint density at radius 2 is 1.66 bits per heavy atom. The lowest BCUT2D eigenvalue weighted by atomic mass is 9.50. The molecule has 0 N–H and O–H groups in total. The van der Waals surface area contributed by atoms with Crippen LogP contribution < -0.4 is 9.84 Å². The normalized spacial score (nSPS) is 31.1. The van der Waals surface area contributed by atoms with Gasteiger partial charge in [0.1, 0.15) is 5.75 Å². The molecule has 0 saturated heterocycles. The molecule has 160 valence electrons. The number of hydrogen-bond acceptors (Lipinski definition) is 4. The maximum atomic E-state index is 13.4. The van der Waals surface area contributed by atoms with E-state index in [2.05, 4.69) is 0 Å². The lowest BCUT2D eigenvalue weighted by Crippen LogP contribution is -2.49. The number of halogens is 3. The summed E-state index contributed by atoms with van der Waals surface area (Å²) in [6, 6.07) is 2.43. The van der Waals surface area contributed by atoms with Crippen molar-refractivity contribution in [1.29, 1.82) is 0 Å². The van der Waals surface area contributed by atoms with E-state index in [-0.39, 0.29) is 11.0 Å². The zero-order valence-corrected chi connectivity index (χ0v) is 16.7. The third-order valence-electron chi connectivity index (χ3n) is 6.77. The van der Waals surface area contributed by atoms with Gasteiger partial charge in [-0.2, -0.15) is 13.2 Å². The quantitative estimate of drug-likeness (QED) is 0.651. The number of alkyl halides is 3. The first-order chi connectivity index (χ1) is 13.4. The van der Waals surface area contributed by atoms with Crippen molar-refractivity contribution < 1.29 is 32.5 Å². The van der Waals surface area contributed by atoms with Gasteiger partial charge < -0.3 is 19.4 Å². The number of hydrogen-bond donors (Lipinski definition) is 0. The minimum Gasteiger partial charge on any atom is -0.545 e. The third-order valence-corrected chi connectivity index (χ3v) is 6.77. The van der Waals surface area contributed by atoms with Crippen molar-refractivity contribution in [3.8, 4) is 5.75 Å². The van der Waals surface area contributed by atoms with E-state index in [1.165, 1.54) is 19.3 Å². The molecule has 0 heterocycles. The van der Waals surface area contributed by atoms with Gasteiger partial charge >= 0.3 is 6.18 Å². The molecule has 4 aliphatic carbocycles. The summed E-state index contributed by atoms with van der Waals surface area (Å²) in [5.41, 5.74) is -1.31. The summed E-state index contributed by atoms with van der Waals surface area (Å²) in [7, 11) is 0. The van der Waals surface area contributed by atoms with Crippen molar-refractivity contribution in [3.63, 3.8) is 0 Å². The number of carboxylic acids is 1. The molecule has 5 rings (SSSR count). The van der Waals surface area contributed by atoms with Crippen LogP contribution in [0.3, 0.4) is 0 Å². The van der Waals surface area contributed by atoms with Crippen molar-refractivity contribution in [2.45, 2.75) is 64.3 Å². The highest BCUT2D eigenvalue weighted by molar-refractivity contribution is 5.86. The summed E-state index contributed by atoms with van der Waals surface area (Å²) in [5.74, 6) is -1.22. The van der Waals surface area contributed by atoms with Crippen LogP contribution in [0.5, 0.6) is 5.75 Å². The Bertz CT molecular complexity index is 764. The average molecular weight is 411 g/mol. The van der Waals surface area contributed by atoms with E-state index in [0.717, 1.165) is 49.1 Å². The topological polar surface area (TPSA) is 58.6 Å². The van der Waals surface area contributed by atoms with Gasteiger partial charge in [0.25, 0.3) is 0 Å². The molecule has 4 aliphatic rings. The summed E-state index contributed by atoms with van der Waals surface area (Å²) in [6.45, 7) is 3.59. The Morgan fingerprint density at radius 1 is 1.10 bits per heavy atom. The largest absolute Gasteiger partial charge is 0.545 e. The van der Waals surface area contributed by atoms with Gasteiger partial charge in [-0.3, -0.25) is 0 Å². The molecule has 29 heavy (non-hydrogen) atoms. The SMILES string of the molecule is CC(C)(OCC12CC3CC(CC(C3)C1)C2)Oc1cc(C(=O)[O-])ccc1C(F)(F)F. The van der Waals surface area contributed by atoms with Crippen LogP contribution in [0, 0.1) is 23.2 Å². The van der Waals surface area contributed by atoms with Gasteiger partial charge in [0.2, 0.25) is 5.79 Å². The van der Waals surface area contributed by atoms with Crippen LogP contribution in [0.15, 0.2) is 18.2 Å². The minimum absolute atomic E-state index is 0.0923. The first-order valence-electron chi connectivity index (χ1n) is 10.2. The van der Waals surface area contributed by atoms with Gasteiger partial charge in [-0.25, -0.2) is 0 Å². The van der Waals surface area contributed by atoms with Crippen LogP contribution in [0.4, 0.5) is 13.2 Å². The van der Waals surface area contributed by atoms with Crippen molar-refractivity contribution in [1.82, 2.24) is 0 Å². The lowest BCUT2D eigenvalue weighted by Gasteiger charge is -2.57. The van der Waals surface area contributed by atoms with E-state index in [1.807, 2.05) is 0 Å². The number of aromatic carboxylic acids is 1. The van der Waals surface area contributed by atoms with Crippen LogP contribution >= 0.6 is 0 Å². The monoisotopic (exact) mass is 411 g/mol. The summed E-state index contributed by atoms with van der Waals surface area (Å²) in [6.07, 6.45) is 2.56. The van der Waals surface area contributed by atoms with E-state index in [9.17, 15) is 23.1 Å². The highest BCUT2D eigenvalue weighted by atomic mass is 19.4. The molecule has 1 aromatic carbocycles. The maximum Gasteiger partial charge on any atom is 0.419 e. The molecule has 0 amide bonds. The molecule has 4 fully saturated rings. The number of ether oxygens (including phenoxy) is 2. The molecule has 0 unspecified atom stereocenters. The van der Waals surface area contributed by atoms with Crippen LogP contribution in [-0.2, 0) is 10.9 Å². The van der Waals surface area contributed by atoms with Crippen LogP contribution in [-0.4, -0.2) is 18.4 Å². The Morgan fingerprint density at radius 3 is 2.14 bits per heavy atom. The zero-order valence-electron chi connectivity index (χ0n) is 16.7. The number of carbonyl (C=O) groups is 1. The predicted octanol–water partition coefficient (Wildman–Crippen LogP) is 4.42. The molecule has 0 atom stereocenters. The molecule has 0 spiro atoms. The Hall–Kier alpha value is -1.76. The number of benzene rings is 1. The second-order valence-electron chi connectivity index (χ2n) is 9.70. The fraction of sp³-hybridized carbons (Fsp3) is 0.682. The average Bonchev–Trinajstić information content (AvgIpc) is 2.58. The number of carboxylic acid groups (broad SMARTS) is 1. The summed E-state index contributed by atoms with van der Waals surface area (Å²) in [4.78, 5) is 11.1. The maximum absolute atomic E-state index is 13.4. The predicted molar refractivity (Wildman–Crippen MR) is 97.0 cm³/mol. The first-order valence-corrected chi connectivity index (χ1v) is 10.2. The van der Waals surface area contributed by atoms with E-state index >= 15 is 0 Å². The van der Waals surface area contributed by atoms with E-state index in [4.69, 9.17) is 9.47 Å². The molecule has 0 radical (unpaired) electrons. The van der Waals surface area contributed by atoms with Crippen LogP contribution in [0.2, 0.25) is 0 Å². The zero-order chi connectivity index (χ0) is 21.0. The second kappa shape index (κ2) is 6.89. The molecule has 1 aromatic rings. The van der Waals surface area contributed by atoms with E-state index in [0.29, 0.717) is 12.7 Å². The standard InChI is InChI=1S/C22H27F3O4/c1-20(2,28-12-21-9-13-5-14(10-21)7-15(6-13)11-21)29-18-8-16(19(26)27)3-4-17(18)22(23,24)25/h3-4,8,13-15H,5-7,9-12H2,1-2H3,(H,26,27)/p-1. The molecular weight excluding hydrogens is 385 g/mol. The van der Waals surface area contributed by atoms with E-state index < -0.39 is 29.2 Å². The molecule has 7 heteroatoms. The number of rotatable bonds is 6.